The van der Waals surface area contributed by atoms with E-state index in [4.69, 9.17) is 9.47 Å². The number of hydrogen-bond acceptors (Lipinski definition) is 4. The molecule has 1 rings (SSSR count). The number of carbonyl (C=O) groups excluding carboxylic acids is 2. The van der Waals surface area contributed by atoms with Crippen molar-refractivity contribution in [3.63, 3.8) is 0 Å². The molecule has 15 heavy (non-hydrogen) atoms. The molecule has 0 aliphatic carbocycles. The van der Waals surface area contributed by atoms with Crippen molar-refractivity contribution < 1.29 is 19.1 Å². The molecule has 1 heterocycles. The molecule has 0 spiro atoms. The first-order valence-electron chi connectivity index (χ1n) is 5.06. The molecule has 5 heteroatoms. The minimum atomic E-state index is -0.684. The van der Waals surface area contributed by atoms with Gasteiger partial charge >= 0.3 is 6.16 Å². The van der Waals surface area contributed by atoms with Crippen LogP contribution in [0.5, 0.6) is 0 Å². The second-order valence-corrected chi connectivity index (χ2v) is 4.17. The molecule has 1 saturated heterocycles. The summed E-state index contributed by atoms with van der Waals surface area (Å²) < 4.78 is 9.82. The van der Waals surface area contributed by atoms with Crippen LogP contribution in [0.4, 0.5) is 4.79 Å². The normalized spacial score (nSPS) is 20.9. The summed E-state index contributed by atoms with van der Waals surface area (Å²) in [5, 5.41) is 0. The average molecular weight is 215 g/mol. The molecule has 1 atom stereocenters. The molecule has 0 saturated carbocycles. The molecule has 5 nitrogen and oxygen atoms in total. The molecular formula is C10H17NO4. The Labute approximate surface area is 89.3 Å². The van der Waals surface area contributed by atoms with E-state index in [9.17, 15) is 9.59 Å². The Hall–Kier alpha value is -1.26. The molecule has 0 aromatic heterocycles. The van der Waals surface area contributed by atoms with Gasteiger partial charge in [0.25, 0.3) is 0 Å². The molecule has 0 aromatic rings. The second kappa shape index (κ2) is 5.00. The van der Waals surface area contributed by atoms with Crippen LogP contribution in [0.1, 0.15) is 20.3 Å². The predicted octanol–water partition coefficient (Wildman–Crippen LogP) is 1.03. The summed E-state index contributed by atoms with van der Waals surface area (Å²) in [6.45, 7) is 4.69. The molecule has 0 radical (unpaired) electrons. The zero-order valence-corrected chi connectivity index (χ0v) is 9.36. The van der Waals surface area contributed by atoms with E-state index in [0.717, 1.165) is 0 Å². The lowest BCUT2D eigenvalue weighted by Crippen LogP contribution is -2.24. The van der Waals surface area contributed by atoms with Gasteiger partial charge in [-0.1, -0.05) is 13.8 Å². The summed E-state index contributed by atoms with van der Waals surface area (Å²) in [5.74, 6) is 0.280. The van der Waals surface area contributed by atoms with Gasteiger partial charge in [0.1, 0.15) is 6.10 Å². The number of amides is 1. The van der Waals surface area contributed by atoms with Crippen LogP contribution in [0.15, 0.2) is 0 Å². The van der Waals surface area contributed by atoms with E-state index in [0.29, 0.717) is 13.2 Å². The topological polar surface area (TPSA) is 55.8 Å². The van der Waals surface area contributed by atoms with Crippen LogP contribution in [0.25, 0.3) is 0 Å². The van der Waals surface area contributed by atoms with Gasteiger partial charge in [-0.15, -0.1) is 0 Å². The third-order valence-electron chi connectivity index (χ3n) is 2.10. The van der Waals surface area contributed by atoms with Crippen molar-refractivity contribution >= 4 is 12.1 Å². The lowest BCUT2D eigenvalue weighted by Gasteiger charge is -2.12. The number of carbonyl (C=O) groups is 2. The summed E-state index contributed by atoms with van der Waals surface area (Å²) in [5.41, 5.74) is 0. The first-order valence-corrected chi connectivity index (χ1v) is 5.06. The van der Waals surface area contributed by atoms with E-state index < -0.39 is 6.16 Å². The SMILES string of the molecule is CC(C)COC(=O)OC1CC(=O)N(C)C1. The van der Waals surface area contributed by atoms with Crippen LogP contribution in [0.2, 0.25) is 0 Å². The Balaban J connectivity index is 2.24. The molecule has 0 N–H and O–H groups in total. The number of likely N-dealkylation sites (N-methyl/N-ethyl adjacent to an activating group) is 1. The second-order valence-electron chi connectivity index (χ2n) is 4.17. The largest absolute Gasteiger partial charge is 0.508 e. The van der Waals surface area contributed by atoms with Crippen LogP contribution >= 0.6 is 0 Å². The highest BCUT2D eigenvalue weighted by atomic mass is 16.7. The summed E-state index contributed by atoms with van der Waals surface area (Å²) in [7, 11) is 1.69. The molecule has 86 valence electrons. The van der Waals surface area contributed by atoms with Crippen LogP contribution in [0, 0.1) is 5.92 Å². The Kier molecular flexibility index (Phi) is 3.94. The van der Waals surface area contributed by atoms with Gasteiger partial charge in [-0.25, -0.2) is 4.79 Å². The fourth-order valence-electron chi connectivity index (χ4n) is 1.31. The number of hydrogen-bond donors (Lipinski definition) is 0. The van der Waals surface area contributed by atoms with Gasteiger partial charge in [0.2, 0.25) is 5.91 Å². The van der Waals surface area contributed by atoms with Gasteiger partial charge in [-0.05, 0) is 5.92 Å². The van der Waals surface area contributed by atoms with Gasteiger partial charge in [-0.3, -0.25) is 4.79 Å². The fourth-order valence-corrected chi connectivity index (χ4v) is 1.31. The zero-order valence-electron chi connectivity index (χ0n) is 9.36. The first-order chi connectivity index (χ1) is 6.99. The summed E-state index contributed by atoms with van der Waals surface area (Å²) in [6.07, 6.45) is -0.785. The standard InChI is InChI=1S/C10H17NO4/c1-7(2)6-14-10(13)15-8-4-9(12)11(3)5-8/h7-8H,4-6H2,1-3H3. The maximum Gasteiger partial charge on any atom is 0.508 e. The molecule has 0 aromatic carbocycles. The first kappa shape index (κ1) is 11.8. The van der Waals surface area contributed by atoms with Crippen molar-refractivity contribution in [1.82, 2.24) is 4.90 Å². The lowest BCUT2D eigenvalue weighted by atomic mass is 10.2. The fraction of sp³-hybridized carbons (Fsp3) is 0.800. The summed E-state index contributed by atoms with van der Waals surface area (Å²) in [4.78, 5) is 23.8. The zero-order chi connectivity index (χ0) is 11.4. The Morgan fingerprint density at radius 3 is 2.73 bits per heavy atom. The van der Waals surface area contributed by atoms with E-state index in [-0.39, 0.29) is 24.3 Å². The van der Waals surface area contributed by atoms with Crippen LogP contribution < -0.4 is 0 Å². The number of nitrogens with zero attached hydrogens (tertiary/aromatic N) is 1. The highest BCUT2D eigenvalue weighted by molar-refractivity contribution is 5.79. The van der Waals surface area contributed by atoms with Gasteiger partial charge < -0.3 is 14.4 Å². The Bertz CT molecular complexity index is 252. The monoisotopic (exact) mass is 215 g/mol. The van der Waals surface area contributed by atoms with E-state index >= 15 is 0 Å². The van der Waals surface area contributed by atoms with Crippen molar-refractivity contribution in [2.45, 2.75) is 26.4 Å². The molecule has 1 aliphatic rings. The summed E-state index contributed by atoms with van der Waals surface area (Å²) in [6, 6.07) is 0. The van der Waals surface area contributed by atoms with Gasteiger partial charge in [0, 0.05) is 7.05 Å². The Morgan fingerprint density at radius 2 is 2.27 bits per heavy atom. The van der Waals surface area contributed by atoms with Crippen molar-refractivity contribution in [2.24, 2.45) is 5.92 Å². The van der Waals surface area contributed by atoms with Crippen LogP contribution in [-0.4, -0.2) is 43.3 Å². The van der Waals surface area contributed by atoms with Crippen LogP contribution in [-0.2, 0) is 14.3 Å². The minimum absolute atomic E-state index is 0.00309. The number of rotatable bonds is 3. The lowest BCUT2D eigenvalue weighted by molar-refractivity contribution is -0.126. The molecule has 1 aliphatic heterocycles. The average Bonchev–Trinajstić information content (AvgIpc) is 2.42. The van der Waals surface area contributed by atoms with Gasteiger partial charge in [0.05, 0.1) is 19.6 Å². The maximum atomic E-state index is 11.1. The third-order valence-corrected chi connectivity index (χ3v) is 2.10. The maximum absolute atomic E-state index is 11.1. The van der Waals surface area contributed by atoms with E-state index in [1.165, 1.54) is 0 Å². The molecule has 0 bridgehead atoms. The third kappa shape index (κ3) is 3.77. The molecule has 1 unspecified atom stereocenters. The number of likely N-dealkylation sites (tertiary alicyclic amines) is 1. The van der Waals surface area contributed by atoms with Crippen molar-refractivity contribution in [1.29, 1.82) is 0 Å². The highest BCUT2D eigenvalue weighted by Gasteiger charge is 2.30. The minimum Gasteiger partial charge on any atom is -0.434 e. The highest BCUT2D eigenvalue weighted by Crippen LogP contribution is 2.12. The number of ether oxygens (including phenoxy) is 2. The van der Waals surface area contributed by atoms with Gasteiger partial charge in [-0.2, -0.15) is 0 Å². The van der Waals surface area contributed by atoms with Crippen molar-refractivity contribution in [3.8, 4) is 0 Å². The van der Waals surface area contributed by atoms with Crippen molar-refractivity contribution in [3.05, 3.63) is 0 Å². The van der Waals surface area contributed by atoms with Crippen molar-refractivity contribution in [2.75, 3.05) is 20.2 Å². The van der Waals surface area contributed by atoms with Crippen LogP contribution in [0.3, 0.4) is 0 Å². The smallest absolute Gasteiger partial charge is 0.434 e. The van der Waals surface area contributed by atoms with E-state index in [1.807, 2.05) is 13.8 Å². The predicted molar refractivity (Wildman–Crippen MR) is 53.3 cm³/mol. The molecule has 1 amide bonds. The quantitative estimate of drug-likeness (QED) is 0.660. The van der Waals surface area contributed by atoms with Gasteiger partial charge in [0.15, 0.2) is 0 Å². The summed E-state index contributed by atoms with van der Waals surface area (Å²) >= 11 is 0. The molecular weight excluding hydrogens is 198 g/mol. The van der Waals surface area contributed by atoms with E-state index in [1.54, 1.807) is 11.9 Å². The molecule has 1 fully saturated rings. The van der Waals surface area contributed by atoms with E-state index in [2.05, 4.69) is 0 Å². The Morgan fingerprint density at radius 1 is 1.60 bits per heavy atom.